The third kappa shape index (κ3) is 11.3. The molecule has 0 unspecified atom stereocenters. The summed E-state index contributed by atoms with van der Waals surface area (Å²) in [5.74, 6) is 1.29. The molecule has 2 aliphatic rings. The molecule has 7 heteroatoms. The van der Waals surface area contributed by atoms with E-state index >= 15 is 0 Å². The summed E-state index contributed by atoms with van der Waals surface area (Å²) in [6.45, 7) is 18.5. The average molecular weight is 614 g/mol. The number of hydrogen-bond acceptors (Lipinski definition) is 7. The van der Waals surface area contributed by atoms with Crippen molar-refractivity contribution in [3.05, 3.63) is 130 Å². The van der Waals surface area contributed by atoms with Gasteiger partial charge in [0.05, 0.1) is 12.7 Å². The number of carbonyl (C=O) groups excluding carboxylic acids is 3. The number of phenols is 1. The summed E-state index contributed by atoms with van der Waals surface area (Å²) in [6.07, 6.45) is 2.29. The van der Waals surface area contributed by atoms with E-state index in [2.05, 4.69) is 18.0 Å². The van der Waals surface area contributed by atoms with Crippen LogP contribution in [-0.2, 0) is 25.7 Å². The number of para-hydroxylation sites is 1. The van der Waals surface area contributed by atoms with Gasteiger partial charge in [0.15, 0.2) is 0 Å². The average Bonchev–Trinajstić information content (AvgIpc) is 3.06. The topological polar surface area (TPSA) is 102 Å². The Morgan fingerprint density at radius 2 is 1.51 bits per heavy atom. The van der Waals surface area contributed by atoms with Crippen molar-refractivity contribution in [3.8, 4) is 11.5 Å². The number of carbonyl (C=O) groups is 3. The first-order chi connectivity index (χ1) is 21.7. The molecule has 0 radical (unpaired) electrons. The second kappa shape index (κ2) is 20.1. The minimum atomic E-state index is -0.266. The molecule has 5 rings (SSSR count). The van der Waals surface area contributed by atoms with E-state index in [-0.39, 0.29) is 12.6 Å². The molecule has 45 heavy (non-hydrogen) atoms. The standard InChI is InChI=1S/C27H29NO3.C7H8O.C2H6.2CH2O/c1-17-8-7-9-20(12-17)16-31-27(29)24-15-23-18(2)13-21(14-25(23)28-19(24)3)22-10-5-6-11-26(22)30-4;1-6-3-2-4-7(8)5-6;3*1-2/h5-12,21,28H,2,13-16H2,1,3-4H3;2-5,8H,1H3;1-2H3;2*1H2/t21-;;;;/m0..../s1. The van der Waals surface area contributed by atoms with Gasteiger partial charge >= 0.3 is 5.97 Å². The molecule has 0 saturated heterocycles. The highest BCUT2D eigenvalue weighted by molar-refractivity contribution is 5.90. The molecular weight excluding hydrogens is 566 g/mol. The molecule has 3 aromatic carbocycles. The zero-order chi connectivity index (χ0) is 33.9. The molecule has 240 valence electrons. The number of dihydropyridines is 1. The van der Waals surface area contributed by atoms with Crippen LogP contribution in [0.25, 0.3) is 0 Å². The van der Waals surface area contributed by atoms with Crippen molar-refractivity contribution < 1.29 is 29.0 Å². The lowest BCUT2D eigenvalue weighted by Gasteiger charge is -2.34. The smallest absolute Gasteiger partial charge is 0.336 e. The van der Waals surface area contributed by atoms with Gasteiger partial charge < -0.3 is 29.5 Å². The Morgan fingerprint density at radius 3 is 2.09 bits per heavy atom. The maximum Gasteiger partial charge on any atom is 0.336 e. The number of hydrogen-bond donors (Lipinski definition) is 2. The Balaban J connectivity index is 0.000000611. The third-order valence-electron chi connectivity index (χ3n) is 7.16. The molecule has 0 fully saturated rings. The lowest BCUT2D eigenvalue weighted by atomic mass is 9.77. The van der Waals surface area contributed by atoms with Crippen molar-refractivity contribution in [1.82, 2.24) is 5.32 Å². The van der Waals surface area contributed by atoms with E-state index < -0.39 is 0 Å². The highest BCUT2D eigenvalue weighted by atomic mass is 16.5. The maximum absolute atomic E-state index is 12.8. The molecule has 1 atom stereocenters. The predicted molar refractivity (Wildman–Crippen MR) is 181 cm³/mol. The number of methoxy groups -OCH3 is 1. The Kier molecular flexibility index (Phi) is 17.0. The van der Waals surface area contributed by atoms with Crippen LogP contribution in [0, 0.1) is 13.8 Å². The highest BCUT2D eigenvalue weighted by Gasteiger charge is 2.32. The first-order valence-electron chi connectivity index (χ1n) is 14.8. The first-order valence-corrected chi connectivity index (χ1v) is 14.8. The number of phenolic OH excluding ortho intramolecular Hbond substituents is 1. The van der Waals surface area contributed by atoms with Crippen LogP contribution in [0.15, 0.2) is 107 Å². The van der Waals surface area contributed by atoms with E-state index in [9.17, 15) is 4.79 Å². The fraction of sp³-hybridized carbons (Fsp3) is 0.289. The lowest BCUT2D eigenvalue weighted by molar-refractivity contribution is -0.140. The van der Waals surface area contributed by atoms with E-state index in [0.717, 1.165) is 57.8 Å². The zero-order valence-electron chi connectivity index (χ0n) is 27.4. The van der Waals surface area contributed by atoms with Crippen molar-refractivity contribution in [2.24, 2.45) is 0 Å². The number of ether oxygens (including phenoxy) is 2. The Morgan fingerprint density at radius 1 is 0.889 bits per heavy atom. The Bertz CT molecular complexity index is 1450. The van der Waals surface area contributed by atoms with Gasteiger partial charge in [-0.25, -0.2) is 4.79 Å². The number of esters is 1. The first kappa shape index (κ1) is 38.1. The van der Waals surface area contributed by atoms with Crippen LogP contribution in [0.3, 0.4) is 0 Å². The molecule has 3 aromatic rings. The molecule has 0 saturated carbocycles. The number of allylic oxidation sites excluding steroid dienone is 4. The zero-order valence-corrected chi connectivity index (χ0v) is 27.4. The number of benzene rings is 3. The van der Waals surface area contributed by atoms with Crippen molar-refractivity contribution in [3.63, 3.8) is 0 Å². The quantitative estimate of drug-likeness (QED) is 0.281. The fourth-order valence-corrected chi connectivity index (χ4v) is 5.16. The molecule has 1 aliphatic heterocycles. The molecule has 7 nitrogen and oxygen atoms in total. The summed E-state index contributed by atoms with van der Waals surface area (Å²) in [7, 11) is 1.71. The molecule has 0 amide bonds. The number of nitrogens with one attached hydrogen (secondary N) is 1. The van der Waals surface area contributed by atoms with E-state index in [0.29, 0.717) is 23.7 Å². The SMILES string of the molecule is C=C1C[C@H](c2ccccc2OC)CC2=C1CC(C(=O)OCc1cccc(C)c1)=C(C)N2.C=O.C=O.CC.Cc1cccc(O)c1. The largest absolute Gasteiger partial charge is 0.508 e. The lowest BCUT2D eigenvalue weighted by Crippen LogP contribution is -2.28. The second-order valence-electron chi connectivity index (χ2n) is 10.2. The van der Waals surface area contributed by atoms with E-state index in [1.54, 1.807) is 19.2 Å². The molecule has 2 N–H and O–H groups in total. The summed E-state index contributed by atoms with van der Waals surface area (Å²) in [4.78, 5) is 28.8. The second-order valence-corrected chi connectivity index (χ2v) is 10.2. The highest BCUT2D eigenvalue weighted by Crippen LogP contribution is 2.44. The fourth-order valence-electron chi connectivity index (χ4n) is 5.16. The summed E-state index contributed by atoms with van der Waals surface area (Å²) in [5.41, 5.74) is 9.35. The van der Waals surface area contributed by atoms with Crippen LogP contribution >= 0.6 is 0 Å². The minimum Gasteiger partial charge on any atom is -0.508 e. The summed E-state index contributed by atoms with van der Waals surface area (Å²) in [5, 5.41) is 12.3. The van der Waals surface area contributed by atoms with Crippen molar-refractivity contribution in [2.75, 3.05) is 7.11 Å². The number of aryl methyl sites for hydroxylation is 2. The van der Waals surface area contributed by atoms with Crippen molar-refractivity contribution >= 4 is 19.5 Å². The van der Waals surface area contributed by atoms with E-state index in [1.807, 2.05) is 103 Å². The third-order valence-corrected chi connectivity index (χ3v) is 7.16. The normalized spacial score (nSPS) is 14.6. The maximum atomic E-state index is 12.8. The Hall–Kier alpha value is -4.91. The molecular formula is C38H47NO6. The van der Waals surface area contributed by atoms with Gasteiger partial charge in [-0.05, 0) is 85.6 Å². The van der Waals surface area contributed by atoms with E-state index in [1.165, 1.54) is 5.56 Å². The molecule has 1 aliphatic carbocycles. The van der Waals surface area contributed by atoms with Gasteiger partial charge in [-0.15, -0.1) is 0 Å². The van der Waals surface area contributed by atoms with Gasteiger partial charge in [0.25, 0.3) is 0 Å². The minimum absolute atomic E-state index is 0.266. The molecule has 1 heterocycles. The summed E-state index contributed by atoms with van der Waals surface area (Å²) < 4.78 is 11.2. The number of rotatable bonds is 5. The summed E-state index contributed by atoms with van der Waals surface area (Å²) in [6, 6.07) is 23.3. The van der Waals surface area contributed by atoms with Crippen LogP contribution in [-0.4, -0.2) is 31.8 Å². The van der Waals surface area contributed by atoms with Crippen LogP contribution in [0.2, 0.25) is 0 Å². The van der Waals surface area contributed by atoms with Crippen LogP contribution in [0.4, 0.5) is 0 Å². The van der Waals surface area contributed by atoms with Gasteiger partial charge in [-0.2, -0.15) is 0 Å². The predicted octanol–water partition coefficient (Wildman–Crippen LogP) is 8.06. The Labute approximate surface area is 268 Å². The number of aromatic hydroxyl groups is 1. The van der Waals surface area contributed by atoms with Gasteiger partial charge in [-0.3, -0.25) is 0 Å². The van der Waals surface area contributed by atoms with Gasteiger partial charge in [0, 0.05) is 17.8 Å². The van der Waals surface area contributed by atoms with Crippen LogP contribution in [0.1, 0.15) is 68.2 Å². The molecule has 0 spiro atoms. The monoisotopic (exact) mass is 613 g/mol. The van der Waals surface area contributed by atoms with Crippen molar-refractivity contribution in [1.29, 1.82) is 0 Å². The van der Waals surface area contributed by atoms with Crippen molar-refractivity contribution in [2.45, 2.75) is 66.4 Å². The molecule has 0 bridgehead atoms. The molecule has 0 aromatic heterocycles. The van der Waals surface area contributed by atoms with Gasteiger partial charge in [0.2, 0.25) is 0 Å². The van der Waals surface area contributed by atoms with Gasteiger partial charge in [-0.1, -0.05) is 80.6 Å². The summed E-state index contributed by atoms with van der Waals surface area (Å²) >= 11 is 0. The van der Waals surface area contributed by atoms with Crippen LogP contribution < -0.4 is 10.1 Å². The van der Waals surface area contributed by atoms with E-state index in [4.69, 9.17) is 24.2 Å². The van der Waals surface area contributed by atoms with Gasteiger partial charge in [0.1, 0.15) is 31.7 Å². The van der Waals surface area contributed by atoms with Crippen LogP contribution in [0.5, 0.6) is 11.5 Å².